The highest BCUT2D eigenvalue weighted by molar-refractivity contribution is 9.10. The topological polar surface area (TPSA) is 59.6 Å². The van der Waals surface area contributed by atoms with Crippen molar-refractivity contribution < 1.29 is 14.3 Å². The summed E-state index contributed by atoms with van der Waals surface area (Å²) in [5.41, 5.74) is 7.07. The summed E-state index contributed by atoms with van der Waals surface area (Å²) < 4.78 is 12.2. The maximum Gasteiger partial charge on any atom is 0.174 e. The minimum absolute atomic E-state index is 0.0886. The molecule has 32 heavy (non-hydrogen) atoms. The molecule has 1 heterocycles. The lowest BCUT2D eigenvalue weighted by Gasteiger charge is -2.34. The van der Waals surface area contributed by atoms with Crippen LogP contribution in [-0.4, -0.2) is 19.5 Å². The average molecular weight is 499 g/mol. The fourth-order valence-electron chi connectivity index (χ4n) is 4.68. The standard InChI is InChI=1S/C26H31BrN2O3/c1-7-32-22-11-16(10-17(27)25(22)31-6)24-23-20(12-26(4,5)13-21(23)30)28-18-8-14(2)15(3)9-19(18)29-24/h8-11,24,28-29H,7,12-13H2,1-6H3/t24-/m0/s1. The zero-order chi connectivity index (χ0) is 23.2. The van der Waals surface area contributed by atoms with Gasteiger partial charge in [0.1, 0.15) is 0 Å². The molecule has 0 spiro atoms. The third-order valence-electron chi connectivity index (χ3n) is 6.30. The molecule has 0 bridgehead atoms. The van der Waals surface area contributed by atoms with Gasteiger partial charge in [-0.15, -0.1) is 0 Å². The Morgan fingerprint density at radius 1 is 1.09 bits per heavy atom. The third kappa shape index (κ3) is 4.13. The lowest BCUT2D eigenvalue weighted by Crippen LogP contribution is -2.31. The molecule has 0 radical (unpaired) electrons. The van der Waals surface area contributed by atoms with Gasteiger partial charge in [0.05, 0.1) is 35.6 Å². The molecule has 2 aromatic carbocycles. The summed E-state index contributed by atoms with van der Waals surface area (Å²) in [5.74, 6) is 1.48. The lowest BCUT2D eigenvalue weighted by molar-refractivity contribution is -0.118. The van der Waals surface area contributed by atoms with Gasteiger partial charge in [-0.05, 0) is 89.5 Å². The van der Waals surface area contributed by atoms with Crippen molar-refractivity contribution in [1.82, 2.24) is 0 Å². The number of ketones is 1. The van der Waals surface area contributed by atoms with Gasteiger partial charge in [-0.25, -0.2) is 0 Å². The maximum absolute atomic E-state index is 13.5. The molecule has 4 rings (SSSR count). The van der Waals surface area contributed by atoms with E-state index in [0.717, 1.165) is 39.1 Å². The predicted octanol–water partition coefficient (Wildman–Crippen LogP) is 6.70. The molecule has 2 aromatic rings. The number of ether oxygens (including phenoxy) is 2. The van der Waals surface area contributed by atoms with Gasteiger partial charge in [-0.1, -0.05) is 13.8 Å². The molecule has 1 aliphatic carbocycles. The zero-order valence-corrected chi connectivity index (χ0v) is 21.2. The van der Waals surface area contributed by atoms with E-state index in [1.54, 1.807) is 7.11 Å². The number of hydrogen-bond donors (Lipinski definition) is 2. The highest BCUT2D eigenvalue weighted by Gasteiger charge is 2.39. The van der Waals surface area contributed by atoms with Crippen LogP contribution in [0.4, 0.5) is 11.4 Å². The van der Waals surface area contributed by atoms with E-state index in [0.29, 0.717) is 24.5 Å². The number of allylic oxidation sites excluding steroid dienone is 1. The minimum Gasteiger partial charge on any atom is -0.492 e. The van der Waals surface area contributed by atoms with Gasteiger partial charge < -0.3 is 20.1 Å². The van der Waals surface area contributed by atoms with Crippen LogP contribution < -0.4 is 20.1 Å². The van der Waals surface area contributed by atoms with Gasteiger partial charge in [-0.2, -0.15) is 0 Å². The smallest absolute Gasteiger partial charge is 0.174 e. The van der Waals surface area contributed by atoms with E-state index in [1.165, 1.54) is 11.1 Å². The Morgan fingerprint density at radius 3 is 2.44 bits per heavy atom. The number of anilines is 2. The maximum atomic E-state index is 13.5. The van der Waals surface area contributed by atoms with E-state index in [1.807, 2.05) is 19.1 Å². The summed E-state index contributed by atoms with van der Waals surface area (Å²) in [5, 5.41) is 7.30. The largest absolute Gasteiger partial charge is 0.492 e. The molecule has 0 amide bonds. The van der Waals surface area contributed by atoms with E-state index in [9.17, 15) is 4.79 Å². The highest BCUT2D eigenvalue weighted by atomic mass is 79.9. The summed E-state index contributed by atoms with van der Waals surface area (Å²) in [6.45, 7) is 11.0. The van der Waals surface area contributed by atoms with Crippen LogP contribution >= 0.6 is 15.9 Å². The van der Waals surface area contributed by atoms with Crippen molar-refractivity contribution in [3.8, 4) is 11.5 Å². The lowest BCUT2D eigenvalue weighted by atomic mass is 9.73. The monoisotopic (exact) mass is 498 g/mol. The zero-order valence-electron chi connectivity index (χ0n) is 19.6. The number of rotatable bonds is 4. The summed E-state index contributed by atoms with van der Waals surface area (Å²) >= 11 is 3.64. The highest BCUT2D eigenvalue weighted by Crippen LogP contribution is 2.48. The van der Waals surface area contributed by atoms with Crippen LogP contribution in [0.2, 0.25) is 0 Å². The molecule has 0 aromatic heterocycles. The second kappa shape index (κ2) is 8.47. The Bertz CT molecular complexity index is 1120. The van der Waals surface area contributed by atoms with E-state index in [-0.39, 0.29) is 17.2 Å². The Balaban J connectivity index is 1.92. The van der Waals surface area contributed by atoms with Gasteiger partial charge in [0.2, 0.25) is 0 Å². The molecule has 170 valence electrons. The number of nitrogens with one attached hydrogen (secondary N) is 2. The van der Waals surface area contributed by atoms with Gasteiger partial charge in [0, 0.05) is 17.7 Å². The van der Waals surface area contributed by atoms with Crippen LogP contribution in [-0.2, 0) is 4.79 Å². The van der Waals surface area contributed by atoms with Gasteiger partial charge in [0.15, 0.2) is 17.3 Å². The van der Waals surface area contributed by atoms with Crippen molar-refractivity contribution in [2.75, 3.05) is 24.4 Å². The second-order valence-corrected chi connectivity index (χ2v) is 10.3. The molecule has 1 atom stereocenters. The number of Topliss-reactive ketones (excluding diaryl/α,β-unsaturated/α-hetero) is 1. The van der Waals surface area contributed by atoms with E-state index in [4.69, 9.17) is 9.47 Å². The van der Waals surface area contributed by atoms with E-state index < -0.39 is 0 Å². The molecular formula is C26H31BrN2O3. The number of fused-ring (bicyclic) bond motifs is 1. The first kappa shape index (κ1) is 22.7. The fourth-order valence-corrected chi connectivity index (χ4v) is 5.30. The molecular weight excluding hydrogens is 468 g/mol. The summed E-state index contributed by atoms with van der Waals surface area (Å²) in [4.78, 5) is 13.5. The van der Waals surface area contributed by atoms with Crippen molar-refractivity contribution >= 4 is 33.1 Å². The predicted molar refractivity (Wildman–Crippen MR) is 133 cm³/mol. The number of carbonyl (C=O) groups excluding carboxylic acids is 1. The molecule has 1 aliphatic heterocycles. The molecule has 0 unspecified atom stereocenters. The van der Waals surface area contributed by atoms with Gasteiger partial charge in [0.25, 0.3) is 0 Å². The fraction of sp³-hybridized carbons (Fsp3) is 0.423. The Morgan fingerprint density at radius 2 is 1.78 bits per heavy atom. The number of benzene rings is 2. The molecule has 6 heteroatoms. The number of methoxy groups -OCH3 is 1. The third-order valence-corrected chi connectivity index (χ3v) is 6.89. The number of aryl methyl sites for hydroxylation is 2. The Labute approximate surface area is 198 Å². The minimum atomic E-state index is -0.300. The first-order valence-corrected chi connectivity index (χ1v) is 11.8. The van der Waals surface area contributed by atoms with Crippen molar-refractivity contribution in [2.45, 2.75) is 53.5 Å². The number of halogens is 1. The summed E-state index contributed by atoms with van der Waals surface area (Å²) in [6, 6.07) is 8.01. The molecule has 0 saturated heterocycles. The van der Waals surface area contributed by atoms with Crippen LogP contribution in [0, 0.1) is 19.3 Å². The second-order valence-electron chi connectivity index (χ2n) is 9.48. The van der Waals surface area contributed by atoms with Crippen molar-refractivity contribution in [2.24, 2.45) is 5.41 Å². The molecule has 5 nitrogen and oxygen atoms in total. The van der Waals surface area contributed by atoms with Crippen LogP contribution in [0.25, 0.3) is 0 Å². The van der Waals surface area contributed by atoms with Gasteiger partial charge in [-0.3, -0.25) is 4.79 Å². The molecule has 0 fully saturated rings. The normalized spacial score (nSPS) is 19.3. The van der Waals surface area contributed by atoms with E-state index in [2.05, 4.69) is 66.4 Å². The van der Waals surface area contributed by atoms with Crippen molar-refractivity contribution in [3.05, 3.63) is 56.7 Å². The van der Waals surface area contributed by atoms with Crippen LogP contribution in [0.15, 0.2) is 40.0 Å². The summed E-state index contributed by atoms with van der Waals surface area (Å²) in [6.07, 6.45) is 1.34. The van der Waals surface area contributed by atoms with E-state index >= 15 is 0 Å². The van der Waals surface area contributed by atoms with Crippen molar-refractivity contribution in [3.63, 3.8) is 0 Å². The molecule has 2 N–H and O–H groups in total. The van der Waals surface area contributed by atoms with Crippen LogP contribution in [0.5, 0.6) is 11.5 Å². The number of hydrogen-bond acceptors (Lipinski definition) is 5. The Hall–Kier alpha value is -2.47. The quantitative estimate of drug-likeness (QED) is 0.491. The van der Waals surface area contributed by atoms with Crippen LogP contribution in [0.3, 0.4) is 0 Å². The first-order chi connectivity index (χ1) is 15.1. The van der Waals surface area contributed by atoms with Gasteiger partial charge >= 0.3 is 0 Å². The molecule has 0 saturated carbocycles. The van der Waals surface area contributed by atoms with Crippen LogP contribution in [0.1, 0.15) is 56.3 Å². The summed E-state index contributed by atoms with van der Waals surface area (Å²) in [7, 11) is 1.63. The first-order valence-electron chi connectivity index (χ1n) is 11.0. The molecule has 2 aliphatic rings. The number of carbonyl (C=O) groups is 1. The Kier molecular flexibility index (Phi) is 6.01. The van der Waals surface area contributed by atoms with Crippen molar-refractivity contribution in [1.29, 1.82) is 0 Å². The SMILES string of the molecule is CCOc1cc([C@@H]2Nc3cc(C)c(C)cc3NC3=C2C(=O)CC(C)(C)C3)cc(Br)c1OC. The average Bonchev–Trinajstić information content (AvgIpc) is 2.84.